The number of benzene rings is 1. The molecule has 178 valence electrons. The summed E-state index contributed by atoms with van der Waals surface area (Å²) in [5.41, 5.74) is -1.01. The largest absolute Gasteiger partial charge is 0.493 e. The van der Waals surface area contributed by atoms with Crippen molar-refractivity contribution in [2.45, 2.75) is 90.0 Å². The number of para-hydroxylation sites is 1. The second kappa shape index (κ2) is 10.1. The number of hydrogen-bond acceptors (Lipinski definition) is 5. The molecular weight excluding hydrogens is 408 g/mol. The number of aliphatic hydroxyl groups is 1. The summed E-state index contributed by atoms with van der Waals surface area (Å²) < 4.78 is 11.3. The molecule has 7 nitrogen and oxygen atoms in total. The van der Waals surface area contributed by atoms with E-state index in [1.54, 1.807) is 4.90 Å². The van der Waals surface area contributed by atoms with Crippen LogP contribution in [-0.2, 0) is 9.53 Å². The van der Waals surface area contributed by atoms with Gasteiger partial charge in [-0.25, -0.2) is 4.79 Å². The lowest BCUT2D eigenvalue weighted by atomic mass is 9.75. The average molecular weight is 447 g/mol. The van der Waals surface area contributed by atoms with E-state index in [0.29, 0.717) is 13.0 Å². The zero-order valence-corrected chi connectivity index (χ0v) is 19.8. The lowest BCUT2D eigenvalue weighted by Crippen LogP contribution is -2.50. The standard InChI is InChI=1S/C25H38N2O5/c1-24(2,3)32-23(30)27-18(16-25(4)20(27)12-8-9-13-21(25)28)17-26-22(29)14-15-31-19-10-6-5-7-11-19/h5-7,10-11,18,20-21,28H,8-9,12-17H2,1-4H3,(H,26,29)/t18-,20-,21+,25-/m1/s1. The number of ether oxygens (including phenoxy) is 2. The van der Waals surface area contributed by atoms with Crippen molar-refractivity contribution in [3.8, 4) is 5.75 Å². The first-order valence-corrected chi connectivity index (χ1v) is 11.7. The van der Waals surface area contributed by atoms with Gasteiger partial charge in [-0.3, -0.25) is 9.69 Å². The molecule has 0 bridgehead atoms. The quantitative estimate of drug-likeness (QED) is 0.692. The maximum absolute atomic E-state index is 13.2. The molecule has 3 rings (SSSR count). The number of carbonyl (C=O) groups excluding carboxylic acids is 2. The van der Waals surface area contributed by atoms with Gasteiger partial charge in [0.25, 0.3) is 0 Å². The maximum Gasteiger partial charge on any atom is 0.410 e. The highest BCUT2D eigenvalue weighted by Gasteiger charge is 2.55. The first-order chi connectivity index (χ1) is 15.1. The zero-order chi connectivity index (χ0) is 23.4. The lowest BCUT2D eigenvalue weighted by molar-refractivity contribution is -0.121. The van der Waals surface area contributed by atoms with Gasteiger partial charge in [0, 0.05) is 18.0 Å². The Hall–Kier alpha value is -2.28. The van der Waals surface area contributed by atoms with Gasteiger partial charge in [-0.2, -0.15) is 0 Å². The molecule has 7 heteroatoms. The predicted molar refractivity (Wildman–Crippen MR) is 122 cm³/mol. The average Bonchev–Trinajstić information content (AvgIpc) is 2.94. The Bertz CT molecular complexity index is 778. The van der Waals surface area contributed by atoms with E-state index in [1.807, 2.05) is 51.1 Å². The number of nitrogens with zero attached hydrogens (tertiary/aromatic N) is 1. The monoisotopic (exact) mass is 446 g/mol. The third kappa shape index (κ3) is 5.94. The van der Waals surface area contributed by atoms with Crippen LogP contribution in [0.15, 0.2) is 30.3 Å². The van der Waals surface area contributed by atoms with Crippen LogP contribution >= 0.6 is 0 Å². The van der Waals surface area contributed by atoms with Crippen molar-refractivity contribution >= 4 is 12.0 Å². The van der Waals surface area contributed by atoms with Crippen molar-refractivity contribution in [1.82, 2.24) is 10.2 Å². The highest BCUT2D eigenvalue weighted by molar-refractivity contribution is 5.76. The lowest BCUT2D eigenvalue weighted by Gasteiger charge is -2.37. The fraction of sp³-hybridized carbons (Fsp3) is 0.680. The Labute approximate surface area is 191 Å². The van der Waals surface area contributed by atoms with E-state index >= 15 is 0 Å². The number of rotatable bonds is 6. The molecule has 1 saturated heterocycles. The van der Waals surface area contributed by atoms with E-state index in [1.165, 1.54) is 0 Å². The number of hydrogen-bond donors (Lipinski definition) is 2. The minimum atomic E-state index is -0.609. The Kier molecular flexibility index (Phi) is 7.70. The number of nitrogens with one attached hydrogen (secondary N) is 1. The van der Waals surface area contributed by atoms with Gasteiger partial charge in [0.15, 0.2) is 0 Å². The molecule has 32 heavy (non-hydrogen) atoms. The van der Waals surface area contributed by atoms with Crippen LogP contribution in [-0.4, -0.2) is 58.9 Å². The first-order valence-electron chi connectivity index (χ1n) is 11.7. The second-order valence-electron chi connectivity index (χ2n) is 10.3. The molecule has 1 heterocycles. The van der Waals surface area contributed by atoms with Crippen molar-refractivity contribution in [3.05, 3.63) is 30.3 Å². The Balaban J connectivity index is 1.63. The number of fused-ring (bicyclic) bond motifs is 1. The smallest absolute Gasteiger partial charge is 0.410 e. The molecule has 4 atom stereocenters. The van der Waals surface area contributed by atoms with Gasteiger partial charge in [0.05, 0.1) is 25.2 Å². The summed E-state index contributed by atoms with van der Waals surface area (Å²) in [7, 11) is 0. The Morgan fingerprint density at radius 1 is 1.19 bits per heavy atom. The van der Waals surface area contributed by atoms with Crippen LogP contribution in [0.2, 0.25) is 0 Å². The van der Waals surface area contributed by atoms with Crippen molar-refractivity contribution in [2.24, 2.45) is 5.41 Å². The summed E-state index contributed by atoms with van der Waals surface area (Å²) in [5, 5.41) is 13.9. The highest BCUT2D eigenvalue weighted by atomic mass is 16.6. The summed E-state index contributed by atoms with van der Waals surface area (Å²) >= 11 is 0. The van der Waals surface area contributed by atoms with Crippen molar-refractivity contribution in [3.63, 3.8) is 0 Å². The second-order valence-corrected chi connectivity index (χ2v) is 10.3. The van der Waals surface area contributed by atoms with Gasteiger partial charge in [0.1, 0.15) is 11.4 Å². The number of aliphatic hydroxyl groups excluding tert-OH is 1. The van der Waals surface area contributed by atoms with Crippen LogP contribution in [0.4, 0.5) is 4.79 Å². The van der Waals surface area contributed by atoms with Gasteiger partial charge < -0.3 is 19.9 Å². The molecule has 2 fully saturated rings. The number of likely N-dealkylation sites (tertiary alicyclic amines) is 1. The summed E-state index contributed by atoms with van der Waals surface area (Å²) in [6, 6.07) is 9.07. The molecule has 1 aromatic carbocycles. The molecule has 0 radical (unpaired) electrons. The van der Waals surface area contributed by atoms with E-state index in [2.05, 4.69) is 12.2 Å². The minimum absolute atomic E-state index is 0.0989. The Morgan fingerprint density at radius 2 is 1.88 bits per heavy atom. The first kappa shape index (κ1) is 24.4. The van der Waals surface area contributed by atoms with Crippen LogP contribution < -0.4 is 10.1 Å². The zero-order valence-electron chi connectivity index (χ0n) is 19.8. The molecule has 2 amide bonds. The van der Waals surface area contributed by atoms with Gasteiger partial charge in [-0.05, 0) is 52.2 Å². The Morgan fingerprint density at radius 3 is 2.56 bits per heavy atom. The molecule has 1 aromatic rings. The predicted octanol–water partition coefficient (Wildman–Crippen LogP) is 3.89. The minimum Gasteiger partial charge on any atom is -0.493 e. The third-order valence-corrected chi connectivity index (χ3v) is 6.61. The SMILES string of the molecule is CC(C)(C)OC(=O)N1[C@@H](CNC(=O)CCOc2ccccc2)C[C@@]2(C)[C@@H](O)CCCC[C@@H]12. The third-order valence-electron chi connectivity index (χ3n) is 6.61. The van der Waals surface area contributed by atoms with Crippen LogP contribution in [0.3, 0.4) is 0 Å². The van der Waals surface area contributed by atoms with E-state index in [-0.39, 0.29) is 37.1 Å². The molecule has 2 N–H and O–H groups in total. The summed E-state index contributed by atoms with van der Waals surface area (Å²) in [5.74, 6) is 0.608. The van der Waals surface area contributed by atoms with Crippen LogP contribution in [0, 0.1) is 5.41 Å². The molecule has 1 saturated carbocycles. The number of carbonyl (C=O) groups is 2. The van der Waals surface area contributed by atoms with Crippen molar-refractivity contribution < 1.29 is 24.2 Å². The molecule has 0 unspecified atom stereocenters. The van der Waals surface area contributed by atoms with Crippen molar-refractivity contribution in [1.29, 1.82) is 0 Å². The summed E-state index contributed by atoms with van der Waals surface area (Å²) in [6.45, 7) is 8.25. The number of amides is 2. The fourth-order valence-electron chi connectivity index (χ4n) is 5.01. The van der Waals surface area contributed by atoms with Gasteiger partial charge in [-0.15, -0.1) is 0 Å². The van der Waals surface area contributed by atoms with E-state index in [0.717, 1.165) is 31.4 Å². The van der Waals surface area contributed by atoms with E-state index in [9.17, 15) is 14.7 Å². The van der Waals surface area contributed by atoms with Crippen LogP contribution in [0.1, 0.15) is 66.2 Å². The molecule has 0 aromatic heterocycles. The maximum atomic E-state index is 13.2. The van der Waals surface area contributed by atoms with Gasteiger partial charge >= 0.3 is 6.09 Å². The van der Waals surface area contributed by atoms with Crippen LogP contribution in [0.5, 0.6) is 5.75 Å². The van der Waals surface area contributed by atoms with Gasteiger partial charge in [0.2, 0.25) is 5.91 Å². The van der Waals surface area contributed by atoms with Crippen molar-refractivity contribution in [2.75, 3.05) is 13.2 Å². The normalized spacial score (nSPS) is 27.9. The molecule has 0 spiro atoms. The topological polar surface area (TPSA) is 88.1 Å². The molecule has 2 aliphatic rings. The molecule has 1 aliphatic carbocycles. The van der Waals surface area contributed by atoms with E-state index in [4.69, 9.17) is 9.47 Å². The van der Waals surface area contributed by atoms with Crippen LogP contribution in [0.25, 0.3) is 0 Å². The van der Waals surface area contributed by atoms with Gasteiger partial charge in [-0.1, -0.05) is 38.0 Å². The molecular formula is C25H38N2O5. The highest BCUT2D eigenvalue weighted by Crippen LogP contribution is 2.48. The summed E-state index contributed by atoms with van der Waals surface area (Å²) in [4.78, 5) is 27.4. The van der Waals surface area contributed by atoms with E-state index < -0.39 is 17.1 Å². The fourth-order valence-corrected chi connectivity index (χ4v) is 5.01. The summed E-state index contributed by atoms with van der Waals surface area (Å²) in [6.07, 6.45) is 3.53. The molecule has 1 aliphatic heterocycles.